The van der Waals surface area contributed by atoms with Gasteiger partial charge in [0.05, 0.1) is 38.2 Å². The molecule has 0 saturated heterocycles. The summed E-state index contributed by atoms with van der Waals surface area (Å²) in [5.74, 6) is -10.3. The number of rotatable bonds is 19. The van der Waals surface area contributed by atoms with Crippen molar-refractivity contribution in [3.8, 4) is 28.2 Å². The van der Waals surface area contributed by atoms with Crippen molar-refractivity contribution in [3.05, 3.63) is 113 Å². The number of aryl methyl sites for hydroxylation is 2. The van der Waals surface area contributed by atoms with E-state index in [1.165, 1.54) is 4.90 Å². The highest BCUT2D eigenvalue weighted by molar-refractivity contribution is 6.09. The SMILES string of the molecule is C=CC(=O)NCCOCCOCCN(CCC(=O)Oc1c(F)c(F)cc(F)c1F)C(=O)c1ccccc1-c1c2cc(C)c(=NCC)cc-2oc2cc(NCC)c(C)cc12. The quantitative estimate of drug-likeness (QED) is 0.0167. The summed E-state index contributed by atoms with van der Waals surface area (Å²) in [4.78, 5) is 44.9. The molecule has 2 amide bonds. The Morgan fingerprint density at radius 3 is 2.27 bits per heavy atom. The minimum absolute atomic E-state index is 0.00194. The Balaban J connectivity index is 1.49. The van der Waals surface area contributed by atoms with Gasteiger partial charge in [0.2, 0.25) is 23.3 Å². The summed E-state index contributed by atoms with van der Waals surface area (Å²) in [6, 6.07) is 14.7. The van der Waals surface area contributed by atoms with Crippen molar-refractivity contribution < 1.29 is 50.6 Å². The van der Waals surface area contributed by atoms with Gasteiger partial charge >= 0.3 is 5.97 Å². The number of carbonyl (C=O) groups is 3. The zero-order valence-corrected chi connectivity index (χ0v) is 33.3. The number of halogens is 4. The first-order chi connectivity index (χ1) is 28.4. The number of nitrogens with zero attached hydrogens (tertiary/aromatic N) is 2. The molecule has 0 fully saturated rings. The Bertz CT molecular complexity index is 2360. The van der Waals surface area contributed by atoms with Gasteiger partial charge in [0.25, 0.3) is 5.91 Å². The van der Waals surface area contributed by atoms with E-state index in [2.05, 4.69) is 22.2 Å². The third kappa shape index (κ3) is 10.7. The molecule has 5 rings (SSSR count). The lowest BCUT2D eigenvalue weighted by molar-refractivity contribution is -0.135. The van der Waals surface area contributed by atoms with Crippen LogP contribution in [0.25, 0.3) is 33.4 Å². The number of amides is 2. The molecule has 0 radical (unpaired) electrons. The number of hydrogen-bond acceptors (Lipinski definition) is 9. The standard InChI is InChI=1S/C44H46F4N4O7/c1-6-38(53)51-14-17-56-19-20-57-18-16-52(15-13-39(54)59-43-41(47)32(45)23-33(46)42(43)48)44(55)29-12-10-9-11-28(29)40-30-21-26(4)34(49-7-2)24-36(30)58-37-25-35(50-8-3)27(5)22-31(37)40/h6,9-12,21-25,49H,1,7-8,13-20H2,2-5H3,(H,51,53). The van der Waals surface area contributed by atoms with Gasteiger partial charge in [-0.2, -0.15) is 8.78 Å². The van der Waals surface area contributed by atoms with E-state index >= 15 is 0 Å². The van der Waals surface area contributed by atoms with Crippen molar-refractivity contribution in [2.45, 2.75) is 34.1 Å². The summed E-state index contributed by atoms with van der Waals surface area (Å²) < 4.78 is 78.9. The maximum Gasteiger partial charge on any atom is 0.313 e. The zero-order valence-electron chi connectivity index (χ0n) is 33.3. The molecule has 0 spiro atoms. The fraction of sp³-hybridized carbons (Fsp3) is 0.318. The van der Waals surface area contributed by atoms with Gasteiger partial charge in [0.15, 0.2) is 11.6 Å². The van der Waals surface area contributed by atoms with Crippen LogP contribution in [0, 0.1) is 37.1 Å². The van der Waals surface area contributed by atoms with E-state index in [4.69, 9.17) is 18.6 Å². The summed E-state index contributed by atoms with van der Waals surface area (Å²) in [5, 5.41) is 7.46. The molecule has 0 atom stereocenters. The molecule has 0 bridgehead atoms. The average molecular weight is 819 g/mol. The van der Waals surface area contributed by atoms with Gasteiger partial charge in [-0.05, 0) is 68.7 Å². The third-order valence-electron chi connectivity index (χ3n) is 9.27. The van der Waals surface area contributed by atoms with Gasteiger partial charge in [-0.25, -0.2) is 8.78 Å². The van der Waals surface area contributed by atoms with E-state index in [-0.39, 0.29) is 63.6 Å². The van der Waals surface area contributed by atoms with Crippen LogP contribution in [0.1, 0.15) is 41.8 Å². The average Bonchev–Trinajstić information content (AvgIpc) is 3.22. The van der Waals surface area contributed by atoms with Gasteiger partial charge in [-0.15, -0.1) is 0 Å². The molecular formula is C44H46F4N4O7. The molecular weight excluding hydrogens is 772 g/mol. The lowest BCUT2D eigenvalue weighted by atomic mass is 9.89. The smallest absolute Gasteiger partial charge is 0.313 e. The molecule has 11 nitrogen and oxygen atoms in total. The van der Waals surface area contributed by atoms with Crippen molar-refractivity contribution >= 4 is 34.4 Å². The highest BCUT2D eigenvalue weighted by Gasteiger charge is 2.27. The van der Waals surface area contributed by atoms with Crippen LogP contribution in [0.5, 0.6) is 5.75 Å². The second-order valence-corrected chi connectivity index (χ2v) is 13.4. The van der Waals surface area contributed by atoms with Crippen molar-refractivity contribution in [2.75, 3.05) is 64.5 Å². The largest absolute Gasteiger partial charge is 0.456 e. The molecule has 1 aliphatic heterocycles. The number of carbonyl (C=O) groups excluding carboxylic acids is 3. The number of nitrogens with one attached hydrogen (secondary N) is 2. The molecule has 0 saturated carbocycles. The minimum Gasteiger partial charge on any atom is -0.456 e. The first-order valence-electron chi connectivity index (χ1n) is 19.1. The Morgan fingerprint density at radius 1 is 0.864 bits per heavy atom. The Morgan fingerprint density at radius 2 is 1.58 bits per heavy atom. The topological polar surface area (TPSA) is 132 Å². The van der Waals surface area contributed by atoms with Crippen LogP contribution >= 0.6 is 0 Å². The Kier molecular flexibility index (Phi) is 15.4. The second kappa shape index (κ2) is 20.6. The molecule has 15 heteroatoms. The van der Waals surface area contributed by atoms with Crippen molar-refractivity contribution in [3.63, 3.8) is 0 Å². The summed E-state index contributed by atoms with van der Waals surface area (Å²) in [7, 11) is 0. The van der Waals surface area contributed by atoms with Gasteiger partial charge < -0.3 is 34.2 Å². The summed E-state index contributed by atoms with van der Waals surface area (Å²) in [5.41, 5.74) is 5.56. The van der Waals surface area contributed by atoms with Gasteiger partial charge in [0, 0.05) is 78.7 Å². The predicted molar refractivity (Wildman–Crippen MR) is 215 cm³/mol. The normalized spacial score (nSPS) is 11.6. The molecule has 1 aliphatic carbocycles. The van der Waals surface area contributed by atoms with Crippen LogP contribution in [0.3, 0.4) is 0 Å². The number of hydrogen-bond donors (Lipinski definition) is 2. The van der Waals surface area contributed by atoms with Gasteiger partial charge in [-0.1, -0.05) is 24.8 Å². The number of ether oxygens (including phenoxy) is 3. The van der Waals surface area contributed by atoms with Gasteiger partial charge in [0.1, 0.15) is 11.3 Å². The molecule has 3 aromatic rings. The fourth-order valence-corrected chi connectivity index (χ4v) is 6.42. The molecule has 312 valence electrons. The van der Waals surface area contributed by atoms with Crippen LogP contribution in [0.15, 0.2) is 76.7 Å². The van der Waals surface area contributed by atoms with Crippen molar-refractivity contribution in [1.29, 1.82) is 0 Å². The van der Waals surface area contributed by atoms with Crippen LogP contribution in [0.2, 0.25) is 0 Å². The highest BCUT2D eigenvalue weighted by atomic mass is 19.2. The van der Waals surface area contributed by atoms with E-state index in [9.17, 15) is 31.9 Å². The summed E-state index contributed by atoms with van der Waals surface area (Å²) in [6.45, 7) is 12.9. The molecule has 3 aromatic carbocycles. The molecule has 59 heavy (non-hydrogen) atoms. The second-order valence-electron chi connectivity index (χ2n) is 13.4. The van der Waals surface area contributed by atoms with E-state index in [0.717, 1.165) is 44.8 Å². The number of anilines is 1. The molecule has 2 aliphatic rings. The maximum atomic E-state index is 14.7. The molecule has 1 heterocycles. The van der Waals surface area contributed by atoms with Crippen molar-refractivity contribution in [1.82, 2.24) is 10.2 Å². The maximum absolute atomic E-state index is 14.7. The van der Waals surface area contributed by atoms with Crippen LogP contribution in [0.4, 0.5) is 23.2 Å². The number of fused-ring (bicyclic) bond motifs is 2. The predicted octanol–water partition coefficient (Wildman–Crippen LogP) is 7.50. The van der Waals surface area contributed by atoms with Crippen molar-refractivity contribution in [2.24, 2.45) is 4.99 Å². The van der Waals surface area contributed by atoms with E-state index in [1.807, 2.05) is 58.0 Å². The fourth-order valence-electron chi connectivity index (χ4n) is 6.42. The minimum atomic E-state index is -1.87. The highest BCUT2D eigenvalue weighted by Crippen LogP contribution is 2.43. The van der Waals surface area contributed by atoms with Crippen LogP contribution in [-0.2, 0) is 19.1 Å². The lowest BCUT2D eigenvalue weighted by Crippen LogP contribution is -2.36. The van der Waals surface area contributed by atoms with Gasteiger partial charge in [-0.3, -0.25) is 19.4 Å². The van der Waals surface area contributed by atoms with E-state index < -0.39 is 47.3 Å². The zero-order chi connectivity index (χ0) is 42.6. The molecule has 2 N–H and O–H groups in total. The summed E-state index contributed by atoms with van der Waals surface area (Å²) >= 11 is 0. The Hall–Kier alpha value is -6.06. The van der Waals surface area contributed by atoms with E-state index in [1.54, 1.807) is 18.2 Å². The first kappa shape index (κ1) is 44.1. The number of esters is 1. The van der Waals surface area contributed by atoms with E-state index in [0.29, 0.717) is 30.0 Å². The van der Waals surface area contributed by atoms with Crippen LogP contribution < -0.4 is 20.7 Å². The number of benzene rings is 4. The monoisotopic (exact) mass is 818 g/mol. The Labute approximate surface area is 339 Å². The summed E-state index contributed by atoms with van der Waals surface area (Å²) in [6.07, 6.45) is 0.546. The molecule has 0 unspecified atom stereocenters. The van der Waals surface area contributed by atoms with Crippen LogP contribution in [-0.4, -0.2) is 81.8 Å². The molecule has 0 aromatic heterocycles. The third-order valence-corrected chi connectivity index (χ3v) is 9.27. The lowest BCUT2D eigenvalue weighted by Gasteiger charge is -2.25. The first-order valence-corrected chi connectivity index (χ1v) is 19.1.